The standard InChI is InChI=1S/C18H27N3O4S/c1-13-6-4-5-7-17(13)20-18(23)12-21(3)26(24,25)16-10-8-15(9-11-16)19-14(2)22/h8-11,13,17H,4-7,12H2,1-3H3,(H,19,22)(H,20,23)/t13-,17-/m0/s1. The van der Waals surface area contributed by atoms with Gasteiger partial charge < -0.3 is 10.6 Å². The molecule has 2 atom stereocenters. The molecule has 1 aromatic rings. The van der Waals surface area contributed by atoms with Crippen molar-refractivity contribution in [2.45, 2.75) is 50.5 Å². The number of nitrogens with one attached hydrogen (secondary N) is 2. The molecule has 1 fully saturated rings. The van der Waals surface area contributed by atoms with Gasteiger partial charge in [-0.15, -0.1) is 0 Å². The van der Waals surface area contributed by atoms with Crippen LogP contribution < -0.4 is 10.6 Å². The van der Waals surface area contributed by atoms with E-state index < -0.39 is 10.0 Å². The Morgan fingerprint density at radius 2 is 1.77 bits per heavy atom. The first-order valence-electron chi connectivity index (χ1n) is 8.83. The lowest BCUT2D eigenvalue weighted by Crippen LogP contribution is -2.46. The van der Waals surface area contributed by atoms with Gasteiger partial charge in [-0.05, 0) is 43.0 Å². The molecule has 144 valence electrons. The van der Waals surface area contributed by atoms with Crippen LogP contribution in [0.2, 0.25) is 0 Å². The lowest BCUT2D eigenvalue weighted by Gasteiger charge is -2.30. The minimum atomic E-state index is -3.77. The van der Waals surface area contributed by atoms with Crippen molar-refractivity contribution < 1.29 is 18.0 Å². The second-order valence-corrected chi connectivity index (χ2v) is 8.95. The number of likely N-dealkylation sites (N-methyl/N-ethyl adjacent to an activating group) is 1. The molecular weight excluding hydrogens is 354 g/mol. The summed E-state index contributed by atoms with van der Waals surface area (Å²) in [5, 5.41) is 5.54. The van der Waals surface area contributed by atoms with E-state index in [0.717, 1.165) is 23.6 Å². The molecule has 7 nitrogen and oxygen atoms in total. The number of anilines is 1. The van der Waals surface area contributed by atoms with Gasteiger partial charge in [-0.25, -0.2) is 8.42 Å². The average molecular weight is 381 g/mol. The number of hydrogen-bond donors (Lipinski definition) is 2. The number of nitrogens with zero attached hydrogens (tertiary/aromatic N) is 1. The van der Waals surface area contributed by atoms with E-state index in [1.165, 1.54) is 44.7 Å². The topological polar surface area (TPSA) is 95.6 Å². The zero-order valence-electron chi connectivity index (χ0n) is 15.5. The van der Waals surface area contributed by atoms with E-state index in [0.29, 0.717) is 11.6 Å². The number of carbonyl (C=O) groups is 2. The summed E-state index contributed by atoms with van der Waals surface area (Å²) < 4.78 is 26.3. The third-order valence-corrected chi connectivity index (χ3v) is 6.52. The molecule has 2 N–H and O–H groups in total. The fourth-order valence-corrected chi connectivity index (χ4v) is 4.29. The molecule has 0 unspecified atom stereocenters. The summed E-state index contributed by atoms with van der Waals surface area (Å²) in [6.07, 6.45) is 4.29. The van der Waals surface area contributed by atoms with Gasteiger partial charge in [0.15, 0.2) is 0 Å². The molecule has 0 spiro atoms. The van der Waals surface area contributed by atoms with E-state index in [4.69, 9.17) is 0 Å². The molecular formula is C18H27N3O4S. The Hall–Kier alpha value is -1.93. The van der Waals surface area contributed by atoms with Crippen molar-refractivity contribution in [1.29, 1.82) is 0 Å². The first-order valence-corrected chi connectivity index (χ1v) is 10.3. The maximum absolute atomic E-state index is 12.6. The number of sulfonamides is 1. The van der Waals surface area contributed by atoms with Crippen molar-refractivity contribution in [2.75, 3.05) is 18.9 Å². The minimum absolute atomic E-state index is 0.0768. The number of amides is 2. The van der Waals surface area contributed by atoms with Crippen molar-refractivity contribution in [3.05, 3.63) is 24.3 Å². The van der Waals surface area contributed by atoms with Crippen LogP contribution in [0.15, 0.2) is 29.2 Å². The number of carbonyl (C=O) groups excluding carboxylic acids is 2. The molecule has 26 heavy (non-hydrogen) atoms. The molecule has 2 amide bonds. The van der Waals surface area contributed by atoms with Crippen LogP contribution in [-0.2, 0) is 19.6 Å². The van der Waals surface area contributed by atoms with Gasteiger partial charge in [-0.1, -0.05) is 19.8 Å². The van der Waals surface area contributed by atoms with Crippen molar-refractivity contribution in [3.8, 4) is 0 Å². The van der Waals surface area contributed by atoms with E-state index >= 15 is 0 Å². The third kappa shape index (κ3) is 5.28. The van der Waals surface area contributed by atoms with Gasteiger partial charge in [0.2, 0.25) is 21.8 Å². The van der Waals surface area contributed by atoms with Gasteiger partial charge in [-0.2, -0.15) is 4.31 Å². The number of rotatable bonds is 6. The van der Waals surface area contributed by atoms with Gasteiger partial charge in [0.25, 0.3) is 0 Å². The van der Waals surface area contributed by atoms with Crippen LogP contribution in [0.25, 0.3) is 0 Å². The number of hydrogen-bond acceptors (Lipinski definition) is 4. The van der Waals surface area contributed by atoms with Crippen LogP contribution in [0.5, 0.6) is 0 Å². The quantitative estimate of drug-likeness (QED) is 0.787. The molecule has 1 saturated carbocycles. The fourth-order valence-electron chi connectivity index (χ4n) is 3.16. The van der Waals surface area contributed by atoms with E-state index in [9.17, 15) is 18.0 Å². The molecule has 2 rings (SSSR count). The maximum atomic E-state index is 12.6. The second-order valence-electron chi connectivity index (χ2n) is 6.90. The second kappa shape index (κ2) is 8.64. The Morgan fingerprint density at radius 1 is 1.15 bits per heavy atom. The summed E-state index contributed by atoms with van der Waals surface area (Å²) in [6, 6.07) is 5.98. The molecule has 8 heteroatoms. The van der Waals surface area contributed by atoms with Gasteiger partial charge in [0.1, 0.15) is 0 Å². The van der Waals surface area contributed by atoms with Crippen LogP contribution in [0, 0.1) is 5.92 Å². The summed E-state index contributed by atoms with van der Waals surface area (Å²) in [5.74, 6) is -0.105. The predicted octanol–water partition coefficient (Wildman–Crippen LogP) is 1.96. The van der Waals surface area contributed by atoms with E-state index in [2.05, 4.69) is 17.6 Å². The Morgan fingerprint density at radius 3 is 2.35 bits per heavy atom. The monoisotopic (exact) mass is 381 g/mol. The normalized spacial score (nSPS) is 20.6. The van der Waals surface area contributed by atoms with E-state index in [-0.39, 0.29) is 29.3 Å². The molecule has 0 bridgehead atoms. The fraction of sp³-hybridized carbons (Fsp3) is 0.556. The molecule has 1 aliphatic carbocycles. The first kappa shape index (κ1) is 20.4. The zero-order valence-corrected chi connectivity index (χ0v) is 16.3. The molecule has 0 radical (unpaired) electrons. The SMILES string of the molecule is CC(=O)Nc1ccc(S(=O)(=O)N(C)CC(=O)N[C@H]2CCCC[C@@H]2C)cc1. The van der Waals surface area contributed by atoms with Crippen LogP contribution in [-0.4, -0.2) is 44.2 Å². The summed E-state index contributed by atoms with van der Waals surface area (Å²) in [7, 11) is -2.38. The Balaban J connectivity index is 1.99. The maximum Gasteiger partial charge on any atom is 0.243 e. The first-order chi connectivity index (χ1) is 12.2. The van der Waals surface area contributed by atoms with Crippen molar-refractivity contribution in [3.63, 3.8) is 0 Å². The van der Waals surface area contributed by atoms with Crippen LogP contribution in [0.1, 0.15) is 39.5 Å². The van der Waals surface area contributed by atoms with Crippen LogP contribution in [0.3, 0.4) is 0 Å². The summed E-state index contributed by atoms with van der Waals surface area (Å²) >= 11 is 0. The smallest absolute Gasteiger partial charge is 0.243 e. The highest BCUT2D eigenvalue weighted by Crippen LogP contribution is 2.24. The van der Waals surface area contributed by atoms with Gasteiger partial charge in [0.05, 0.1) is 11.4 Å². The van der Waals surface area contributed by atoms with Crippen LogP contribution in [0.4, 0.5) is 5.69 Å². The van der Waals surface area contributed by atoms with Crippen molar-refractivity contribution >= 4 is 27.5 Å². The molecule has 0 heterocycles. The summed E-state index contributed by atoms with van der Waals surface area (Å²) in [4.78, 5) is 23.4. The Labute approximate surface area is 155 Å². The molecule has 1 aromatic carbocycles. The molecule has 0 saturated heterocycles. The third-order valence-electron chi connectivity index (χ3n) is 4.71. The largest absolute Gasteiger partial charge is 0.352 e. The highest BCUT2D eigenvalue weighted by Gasteiger charge is 2.26. The zero-order chi connectivity index (χ0) is 19.3. The Kier molecular flexibility index (Phi) is 6.77. The average Bonchev–Trinajstić information content (AvgIpc) is 2.57. The Bertz CT molecular complexity index is 746. The van der Waals surface area contributed by atoms with Crippen molar-refractivity contribution in [2.24, 2.45) is 5.92 Å². The predicted molar refractivity (Wildman–Crippen MR) is 100 cm³/mol. The lowest BCUT2D eigenvalue weighted by molar-refractivity contribution is -0.122. The summed E-state index contributed by atoms with van der Waals surface area (Å²) in [5.41, 5.74) is 0.517. The summed E-state index contributed by atoms with van der Waals surface area (Å²) in [6.45, 7) is 3.27. The minimum Gasteiger partial charge on any atom is -0.352 e. The van der Waals surface area contributed by atoms with Gasteiger partial charge >= 0.3 is 0 Å². The molecule has 0 aromatic heterocycles. The highest BCUT2D eigenvalue weighted by atomic mass is 32.2. The highest BCUT2D eigenvalue weighted by molar-refractivity contribution is 7.89. The van der Waals surface area contributed by atoms with E-state index in [1.807, 2.05) is 0 Å². The van der Waals surface area contributed by atoms with Gasteiger partial charge in [-0.3, -0.25) is 9.59 Å². The number of benzene rings is 1. The van der Waals surface area contributed by atoms with Crippen molar-refractivity contribution in [1.82, 2.24) is 9.62 Å². The van der Waals surface area contributed by atoms with Crippen LogP contribution >= 0.6 is 0 Å². The molecule has 1 aliphatic rings. The van der Waals surface area contributed by atoms with Gasteiger partial charge in [0, 0.05) is 25.7 Å². The van der Waals surface area contributed by atoms with E-state index in [1.54, 1.807) is 0 Å². The molecule has 0 aliphatic heterocycles. The lowest BCUT2D eigenvalue weighted by atomic mass is 9.86.